The van der Waals surface area contributed by atoms with Gasteiger partial charge in [0.05, 0.1) is 19.3 Å². The van der Waals surface area contributed by atoms with Gasteiger partial charge in [-0.2, -0.15) is 0 Å². The molecular weight excluding hydrogens is 232 g/mol. The highest BCUT2D eigenvalue weighted by molar-refractivity contribution is 4.83. The SMILES string of the molecule is OCC1CCCC1NCC(O)CN1CCOCC1. The van der Waals surface area contributed by atoms with Gasteiger partial charge in [0.15, 0.2) is 0 Å². The molecule has 0 aromatic carbocycles. The van der Waals surface area contributed by atoms with Gasteiger partial charge in [0.1, 0.15) is 0 Å². The molecule has 3 unspecified atom stereocenters. The summed E-state index contributed by atoms with van der Waals surface area (Å²) in [6.45, 7) is 4.98. The van der Waals surface area contributed by atoms with Crippen LogP contribution in [0, 0.1) is 5.92 Å². The normalized spacial score (nSPS) is 31.7. The maximum Gasteiger partial charge on any atom is 0.0791 e. The number of ether oxygens (including phenoxy) is 1. The van der Waals surface area contributed by atoms with Crippen LogP contribution in [0.4, 0.5) is 0 Å². The summed E-state index contributed by atoms with van der Waals surface area (Å²) >= 11 is 0. The van der Waals surface area contributed by atoms with Crippen LogP contribution in [-0.4, -0.2) is 73.3 Å². The Balaban J connectivity index is 1.63. The van der Waals surface area contributed by atoms with Gasteiger partial charge in [0.25, 0.3) is 0 Å². The summed E-state index contributed by atoms with van der Waals surface area (Å²) in [7, 11) is 0. The number of aliphatic hydroxyl groups excluding tert-OH is 2. The summed E-state index contributed by atoms with van der Waals surface area (Å²) in [6, 6.07) is 0.384. The standard InChI is InChI=1S/C13H26N2O3/c16-10-11-2-1-3-13(11)14-8-12(17)9-15-4-6-18-7-5-15/h11-14,16-17H,1-10H2. The third-order valence-electron chi connectivity index (χ3n) is 4.08. The quantitative estimate of drug-likeness (QED) is 0.595. The Hall–Kier alpha value is -0.200. The van der Waals surface area contributed by atoms with Gasteiger partial charge < -0.3 is 20.3 Å². The molecule has 2 rings (SSSR count). The number of β-amino-alcohol motifs (C(OH)–C–C–N with tert-alkyl or cyclic N) is 1. The summed E-state index contributed by atoms with van der Waals surface area (Å²) in [6.07, 6.45) is 3.08. The first kappa shape index (κ1) is 14.2. The number of rotatable bonds is 6. The topological polar surface area (TPSA) is 65.0 Å². The highest BCUT2D eigenvalue weighted by atomic mass is 16.5. The monoisotopic (exact) mass is 258 g/mol. The van der Waals surface area contributed by atoms with Crippen LogP contribution >= 0.6 is 0 Å². The summed E-state index contributed by atoms with van der Waals surface area (Å²) in [4.78, 5) is 2.24. The van der Waals surface area contributed by atoms with E-state index in [9.17, 15) is 10.2 Å². The number of nitrogens with zero attached hydrogens (tertiary/aromatic N) is 1. The van der Waals surface area contributed by atoms with E-state index in [0.717, 1.165) is 39.1 Å². The lowest BCUT2D eigenvalue weighted by molar-refractivity contribution is 0.0141. The molecule has 5 nitrogen and oxygen atoms in total. The van der Waals surface area contributed by atoms with Crippen molar-refractivity contribution in [2.75, 3.05) is 46.0 Å². The maximum atomic E-state index is 10.0. The largest absolute Gasteiger partial charge is 0.396 e. The molecule has 2 aliphatic rings. The van der Waals surface area contributed by atoms with E-state index in [1.165, 1.54) is 6.42 Å². The minimum absolute atomic E-state index is 0.261. The van der Waals surface area contributed by atoms with Crippen molar-refractivity contribution < 1.29 is 14.9 Å². The molecule has 3 atom stereocenters. The van der Waals surface area contributed by atoms with Gasteiger partial charge in [0, 0.05) is 38.8 Å². The van der Waals surface area contributed by atoms with Crippen molar-refractivity contribution in [1.29, 1.82) is 0 Å². The van der Waals surface area contributed by atoms with E-state index in [1.54, 1.807) is 0 Å². The van der Waals surface area contributed by atoms with Gasteiger partial charge in [0.2, 0.25) is 0 Å². The van der Waals surface area contributed by atoms with Gasteiger partial charge in [-0.1, -0.05) is 6.42 Å². The molecule has 1 heterocycles. The third kappa shape index (κ3) is 4.17. The fraction of sp³-hybridized carbons (Fsp3) is 1.00. The van der Waals surface area contributed by atoms with Gasteiger partial charge in [-0.3, -0.25) is 4.90 Å². The predicted octanol–water partition coefficient (Wildman–Crippen LogP) is -0.570. The van der Waals surface area contributed by atoms with Gasteiger partial charge in [-0.25, -0.2) is 0 Å². The van der Waals surface area contributed by atoms with E-state index in [0.29, 0.717) is 25.0 Å². The lowest BCUT2D eigenvalue weighted by Gasteiger charge is -2.29. The number of aliphatic hydroxyl groups is 2. The molecule has 2 fully saturated rings. The Morgan fingerprint density at radius 3 is 2.78 bits per heavy atom. The molecule has 0 spiro atoms. The Labute approximate surface area is 109 Å². The second kappa shape index (κ2) is 7.40. The first-order valence-corrected chi connectivity index (χ1v) is 7.12. The number of hydrogen-bond donors (Lipinski definition) is 3. The second-order valence-corrected chi connectivity index (χ2v) is 5.46. The molecule has 1 aliphatic heterocycles. The summed E-state index contributed by atoms with van der Waals surface area (Å²) < 4.78 is 5.28. The van der Waals surface area contributed by atoms with Crippen LogP contribution in [0.25, 0.3) is 0 Å². The second-order valence-electron chi connectivity index (χ2n) is 5.46. The molecule has 0 aromatic heterocycles. The summed E-state index contributed by atoms with van der Waals surface area (Å²) in [5.41, 5.74) is 0. The first-order chi connectivity index (χ1) is 8.79. The van der Waals surface area contributed by atoms with E-state index in [2.05, 4.69) is 10.2 Å². The highest BCUT2D eigenvalue weighted by Gasteiger charge is 2.26. The van der Waals surface area contributed by atoms with Gasteiger partial charge in [-0.05, 0) is 18.8 Å². The molecular formula is C13H26N2O3. The summed E-state index contributed by atoms with van der Waals surface area (Å²) in [5.74, 6) is 0.376. The Morgan fingerprint density at radius 1 is 1.28 bits per heavy atom. The fourth-order valence-corrected chi connectivity index (χ4v) is 2.96. The first-order valence-electron chi connectivity index (χ1n) is 7.12. The Bertz CT molecular complexity index is 234. The van der Waals surface area contributed by atoms with Crippen molar-refractivity contribution in [1.82, 2.24) is 10.2 Å². The fourth-order valence-electron chi connectivity index (χ4n) is 2.96. The van der Waals surface area contributed by atoms with Crippen molar-refractivity contribution in [2.24, 2.45) is 5.92 Å². The summed E-state index contributed by atoms with van der Waals surface area (Å²) in [5, 5.41) is 22.7. The minimum atomic E-state index is -0.331. The van der Waals surface area contributed by atoms with Crippen LogP contribution in [-0.2, 0) is 4.74 Å². The number of hydrogen-bond acceptors (Lipinski definition) is 5. The molecule has 0 amide bonds. The van der Waals surface area contributed by atoms with E-state index < -0.39 is 0 Å². The van der Waals surface area contributed by atoms with Gasteiger partial charge >= 0.3 is 0 Å². The van der Waals surface area contributed by atoms with Crippen LogP contribution in [0.1, 0.15) is 19.3 Å². The molecule has 3 N–H and O–H groups in total. The smallest absolute Gasteiger partial charge is 0.0791 e. The van der Waals surface area contributed by atoms with Crippen molar-refractivity contribution >= 4 is 0 Å². The lowest BCUT2D eigenvalue weighted by atomic mass is 10.1. The van der Waals surface area contributed by atoms with E-state index in [4.69, 9.17) is 4.74 Å². The van der Waals surface area contributed by atoms with Crippen LogP contribution < -0.4 is 5.32 Å². The molecule has 1 saturated heterocycles. The molecule has 0 radical (unpaired) electrons. The number of morpholine rings is 1. The average molecular weight is 258 g/mol. The molecule has 18 heavy (non-hydrogen) atoms. The molecule has 0 aromatic rings. The van der Waals surface area contributed by atoms with Crippen LogP contribution in [0.2, 0.25) is 0 Å². The van der Waals surface area contributed by atoms with Crippen molar-refractivity contribution in [3.8, 4) is 0 Å². The Kier molecular flexibility index (Phi) is 5.85. The molecule has 1 aliphatic carbocycles. The lowest BCUT2D eigenvalue weighted by Crippen LogP contribution is -2.46. The predicted molar refractivity (Wildman–Crippen MR) is 69.5 cm³/mol. The molecule has 106 valence electrons. The zero-order chi connectivity index (χ0) is 12.8. The zero-order valence-electron chi connectivity index (χ0n) is 11.1. The van der Waals surface area contributed by atoms with Crippen LogP contribution in [0.15, 0.2) is 0 Å². The average Bonchev–Trinajstić information content (AvgIpc) is 2.85. The Morgan fingerprint density at radius 2 is 2.06 bits per heavy atom. The zero-order valence-corrected chi connectivity index (χ0v) is 11.1. The van der Waals surface area contributed by atoms with E-state index in [1.807, 2.05) is 0 Å². The molecule has 5 heteroatoms. The van der Waals surface area contributed by atoms with Crippen molar-refractivity contribution in [3.63, 3.8) is 0 Å². The number of nitrogens with one attached hydrogen (secondary N) is 1. The van der Waals surface area contributed by atoms with Crippen molar-refractivity contribution in [2.45, 2.75) is 31.4 Å². The minimum Gasteiger partial charge on any atom is -0.396 e. The molecule has 0 bridgehead atoms. The highest BCUT2D eigenvalue weighted by Crippen LogP contribution is 2.24. The van der Waals surface area contributed by atoms with E-state index >= 15 is 0 Å². The molecule has 1 saturated carbocycles. The van der Waals surface area contributed by atoms with Crippen molar-refractivity contribution in [3.05, 3.63) is 0 Å². The third-order valence-corrected chi connectivity index (χ3v) is 4.08. The van der Waals surface area contributed by atoms with Crippen LogP contribution in [0.5, 0.6) is 0 Å². The van der Waals surface area contributed by atoms with Gasteiger partial charge in [-0.15, -0.1) is 0 Å². The van der Waals surface area contributed by atoms with E-state index in [-0.39, 0.29) is 12.7 Å². The maximum absolute atomic E-state index is 10.0. The van der Waals surface area contributed by atoms with Crippen LogP contribution in [0.3, 0.4) is 0 Å².